The van der Waals surface area contributed by atoms with Crippen LogP contribution >= 0.6 is 0 Å². The second kappa shape index (κ2) is 18.8. The number of hydrogen-bond acceptors (Lipinski definition) is 1. The average Bonchev–Trinajstić information content (AvgIpc) is 3.35. The van der Waals surface area contributed by atoms with Crippen LogP contribution in [0.25, 0.3) is 16.5 Å². The molecule has 0 unspecified atom stereocenters. The molecule has 0 spiro atoms. The molecule has 2 radical (unpaired) electrons. The normalized spacial score (nSPS) is 9.27. The number of rotatable bonds is 4. The third kappa shape index (κ3) is 11.7. The largest absolute Gasteiger partial charge is 4.00 e. The molecule has 0 saturated carbocycles. The van der Waals surface area contributed by atoms with Crippen LogP contribution in [0.1, 0.15) is 35.7 Å². The van der Waals surface area contributed by atoms with Gasteiger partial charge in [-0.3, -0.25) is 0 Å². The second-order valence-electron chi connectivity index (χ2n) is 8.08. The maximum atomic E-state index is 10.8. The summed E-state index contributed by atoms with van der Waals surface area (Å²) in [4.78, 5) is 10.8. The monoisotopic (exact) mass is 709 g/mol. The van der Waals surface area contributed by atoms with E-state index in [0.717, 1.165) is 15.1 Å². The number of benzene rings is 4. The molecule has 0 aromatic heterocycles. The molecule has 37 heavy (non-hydrogen) atoms. The predicted octanol–water partition coefficient (Wildman–Crippen LogP) is 0.908. The van der Waals surface area contributed by atoms with Gasteiger partial charge in [-0.05, 0) is 11.5 Å². The first-order valence-corrected chi connectivity index (χ1v) is 12.4. The number of carbonyl (C=O) groups excluding carboxylic acids is 1. The fraction of sp³-hybridized carbons (Fsp3) is 0.0968. The molecule has 0 saturated heterocycles. The summed E-state index contributed by atoms with van der Waals surface area (Å²) in [5, 5.41) is 5.46. The van der Waals surface area contributed by atoms with Crippen molar-refractivity contribution in [1.29, 1.82) is 0 Å². The Labute approximate surface area is 254 Å². The Balaban J connectivity index is 0.000000511. The fourth-order valence-corrected chi connectivity index (χ4v) is 4.54. The van der Waals surface area contributed by atoms with E-state index in [4.69, 9.17) is 5.73 Å². The summed E-state index contributed by atoms with van der Waals surface area (Å²) in [5.74, 6) is -0.296. The molecule has 5 rings (SSSR count). The Morgan fingerprint density at radius 3 is 1.68 bits per heavy atom. The molecule has 0 fully saturated rings. The maximum Gasteiger partial charge on any atom is 4.00 e. The van der Waals surface area contributed by atoms with Crippen LogP contribution < -0.4 is 35.2 Å². The van der Waals surface area contributed by atoms with Gasteiger partial charge in [-0.25, -0.2) is 0 Å². The van der Waals surface area contributed by atoms with E-state index >= 15 is 0 Å². The molecule has 0 aliphatic rings. The van der Waals surface area contributed by atoms with Gasteiger partial charge >= 0.3 is 25.8 Å². The first kappa shape index (κ1) is 34.6. The molecular formula is C31H29Cl2HfNOSi. The Hall–Kier alpha value is -2.37. The number of amides is 1. The number of carbonyl (C=O) groups is 1. The fourth-order valence-electron chi connectivity index (χ4n) is 3.49. The molecule has 186 valence electrons. The summed E-state index contributed by atoms with van der Waals surface area (Å²) < 4.78 is 0. The van der Waals surface area contributed by atoms with Gasteiger partial charge < -0.3 is 35.3 Å². The predicted molar refractivity (Wildman–Crippen MR) is 147 cm³/mol. The van der Waals surface area contributed by atoms with Crippen LogP contribution in [0.3, 0.4) is 0 Å². The molecule has 1 amide bonds. The van der Waals surface area contributed by atoms with E-state index in [1.807, 2.05) is 26.0 Å². The molecular weight excluding hydrogens is 680 g/mol. The Morgan fingerprint density at radius 2 is 1.19 bits per heavy atom. The van der Waals surface area contributed by atoms with Crippen LogP contribution in [-0.2, 0) is 25.8 Å². The van der Waals surface area contributed by atoms with Gasteiger partial charge in [0.2, 0.25) is 0 Å². The third-order valence-corrected chi connectivity index (χ3v) is 6.46. The van der Waals surface area contributed by atoms with Gasteiger partial charge in [0, 0.05) is 5.56 Å². The van der Waals surface area contributed by atoms with E-state index < -0.39 is 5.91 Å². The van der Waals surface area contributed by atoms with Crippen molar-refractivity contribution in [2.45, 2.75) is 19.8 Å². The van der Waals surface area contributed by atoms with E-state index in [0.29, 0.717) is 11.5 Å². The van der Waals surface area contributed by atoms with Crippen LogP contribution in [0, 0.1) is 0 Å². The van der Waals surface area contributed by atoms with Crippen LogP contribution in [0.4, 0.5) is 0 Å². The van der Waals surface area contributed by atoms with Crippen molar-refractivity contribution < 1.29 is 55.5 Å². The van der Waals surface area contributed by atoms with Gasteiger partial charge in [0.1, 0.15) is 9.52 Å². The first-order chi connectivity index (χ1) is 16.5. The van der Waals surface area contributed by atoms with E-state index in [1.165, 1.54) is 21.1 Å². The molecule has 0 bridgehead atoms. The van der Waals surface area contributed by atoms with Crippen molar-refractivity contribution in [3.05, 3.63) is 144 Å². The molecule has 2 nitrogen and oxygen atoms in total. The Bertz CT molecular complexity index is 1230. The van der Waals surface area contributed by atoms with Crippen molar-refractivity contribution in [2.75, 3.05) is 0 Å². The third-order valence-electron chi connectivity index (χ3n) is 5.21. The number of nitrogens with one attached hydrogen (secondary N) is 1. The molecule has 6 heteroatoms. The molecule has 0 heterocycles. The Kier molecular flexibility index (Phi) is 17.6. The van der Waals surface area contributed by atoms with Crippen LogP contribution in [0.15, 0.2) is 127 Å². The van der Waals surface area contributed by atoms with Gasteiger partial charge in [0.25, 0.3) is 0 Å². The summed E-state index contributed by atoms with van der Waals surface area (Å²) >= 11 is 0. The minimum Gasteiger partial charge on any atom is -1.00 e. The van der Waals surface area contributed by atoms with Gasteiger partial charge in [0.05, 0.1) is 5.91 Å². The van der Waals surface area contributed by atoms with Crippen molar-refractivity contribution in [3.63, 3.8) is 0 Å². The van der Waals surface area contributed by atoms with Gasteiger partial charge in [-0.1, -0.05) is 115 Å². The topological polar surface area (TPSA) is 40.9 Å². The molecule has 0 atom stereocenters. The summed E-state index contributed by atoms with van der Waals surface area (Å²) in [6, 6.07) is 43.1. The zero-order chi connectivity index (χ0) is 24.2. The van der Waals surface area contributed by atoms with E-state index in [9.17, 15) is 4.79 Å². The summed E-state index contributed by atoms with van der Waals surface area (Å²) in [6.07, 6.45) is 0. The van der Waals surface area contributed by atoms with Crippen molar-refractivity contribution in [1.82, 2.24) is 0 Å². The van der Waals surface area contributed by atoms with E-state index in [2.05, 4.69) is 103 Å². The molecule has 5 aromatic rings. The quantitative estimate of drug-likeness (QED) is 0.202. The molecule has 1 N–H and O–H groups in total. The second-order valence-corrected chi connectivity index (χ2v) is 9.49. The SMILES string of the molecule is CC(C)c1ccccc1C([NH-])=O.[Cl-].[Cl-].[Hf+4].c1ccc([Si]c2ccccc2)cc1.c1ccc2[cH-]ccc2c1. The van der Waals surface area contributed by atoms with Crippen molar-refractivity contribution in [3.8, 4) is 0 Å². The summed E-state index contributed by atoms with van der Waals surface area (Å²) in [7, 11) is 0.777. The zero-order valence-electron chi connectivity index (χ0n) is 20.9. The Morgan fingerprint density at radius 1 is 0.703 bits per heavy atom. The van der Waals surface area contributed by atoms with Crippen molar-refractivity contribution in [2.24, 2.45) is 0 Å². The number of hydrogen-bond donors (Lipinski definition) is 0. The minimum absolute atomic E-state index is 0. The van der Waals surface area contributed by atoms with E-state index in [-0.39, 0.29) is 50.7 Å². The standard InChI is InChI=1S/C12H10Si.C10H13NO.C9H7.2ClH.Hf/c1-3-7-11(8-4-1)13-12-9-5-2-6-10-12;1-7(2)8-5-3-4-6-9(8)10(11)12;1-2-5-9-7-3-6-8(9)4-1;;;/h1-10H;3-7H,1-2H3,(H2,11,12);1-7H;2*1H;/q;;-1;;;+4/p-3. The molecule has 5 aromatic carbocycles. The maximum absolute atomic E-state index is 10.8. The summed E-state index contributed by atoms with van der Waals surface area (Å²) in [6.45, 7) is 4.03. The smallest absolute Gasteiger partial charge is 1.00 e. The number of halogens is 2. The van der Waals surface area contributed by atoms with Crippen LogP contribution in [-0.4, -0.2) is 15.4 Å². The van der Waals surface area contributed by atoms with E-state index in [1.54, 1.807) is 12.1 Å². The zero-order valence-corrected chi connectivity index (χ0v) is 27.0. The van der Waals surface area contributed by atoms with Gasteiger partial charge in [-0.15, -0.1) is 29.7 Å². The molecule has 0 aliphatic carbocycles. The number of fused-ring (bicyclic) bond motifs is 1. The molecule has 0 aliphatic heterocycles. The first-order valence-electron chi connectivity index (χ1n) is 11.4. The summed E-state index contributed by atoms with van der Waals surface area (Å²) in [5.41, 5.74) is 8.49. The van der Waals surface area contributed by atoms with Gasteiger partial charge in [-0.2, -0.15) is 17.5 Å². The van der Waals surface area contributed by atoms with Gasteiger partial charge in [0.15, 0.2) is 0 Å². The van der Waals surface area contributed by atoms with Crippen LogP contribution in [0.2, 0.25) is 0 Å². The minimum atomic E-state index is -0.598. The van der Waals surface area contributed by atoms with Crippen LogP contribution in [0.5, 0.6) is 0 Å². The average molecular weight is 709 g/mol. The van der Waals surface area contributed by atoms with Crippen molar-refractivity contribution >= 4 is 36.6 Å².